The molecule has 0 aliphatic carbocycles. The van der Waals surface area contributed by atoms with Crippen LogP contribution in [0.5, 0.6) is 0 Å². The van der Waals surface area contributed by atoms with E-state index in [1.165, 1.54) is 0 Å². The second-order valence-corrected chi connectivity index (χ2v) is 5.30. The van der Waals surface area contributed by atoms with Crippen LogP contribution >= 0.6 is 0 Å². The molecular weight excluding hydrogens is 252 g/mol. The fourth-order valence-electron chi connectivity index (χ4n) is 2.27. The third-order valence-corrected chi connectivity index (χ3v) is 3.66. The van der Waals surface area contributed by atoms with Crippen LogP contribution in [0.2, 0.25) is 0 Å². The molecule has 2 rings (SSSR count). The van der Waals surface area contributed by atoms with Crippen molar-refractivity contribution in [1.82, 2.24) is 15.2 Å². The average molecular weight is 276 g/mol. The van der Waals surface area contributed by atoms with Gasteiger partial charge in [0, 0.05) is 44.6 Å². The minimum atomic E-state index is -0.0746. The van der Waals surface area contributed by atoms with Gasteiger partial charge in [0.2, 0.25) is 0 Å². The maximum atomic E-state index is 12.0. The first kappa shape index (κ1) is 14.8. The van der Waals surface area contributed by atoms with Crippen molar-refractivity contribution in [2.45, 2.75) is 19.8 Å². The van der Waals surface area contributed by atoms with Gasteiger partial charge in [-0.25, -0.2) is 0 Å². The maximum absolute atomic E-state index is 12.0. The lowest BCUT2D eigenvalue weighted by atomic mass is 10.2. The average Bonchev–Trinajstić information content (AvgIpc) is 2.48. The molecule has 0 atom stereocenters. The molecule has 5 nitrogen and oxygen atoms in total. The quantitative estimate of drug-likeness (QED) is 0.825. The van der Waals surface area contributed by atoms with E-state index in [1.807, 2.05) is 12.1 Å². The van der Waals surface area contributed by atoms with Gasteiger partial charge in [0.15, 0.2) is 0 Å². The summed E-state index contributed by atoms with van der Waals surface area (Å²) in [5.74, 6) is -0.0746. The molecule has 1 aromatic heterocycles. The van der Waals surface area contributed by atoms with Crippen molar-refractivity contribution >= 4 is 11.6 Å². The van der Waals surface area contributed by atoms with E-state index in [0.29, 0.717) is 5.69 Å². The number of nitrogens with zero attached hydrogens (tertiary/aromatic N) is 3. The van der Waals surface area contributed by atoms with Gasteiger partial charge in [-0.15, -0.1) is 0 Å². The molecule has 1 saturated heterocycles. The monoisotopic (exact) mass is 276 g/mol. The first-order chi connectivity index (χ1) is 9.70. The predicted molar refractivity (Wildman–Crippen MR) is 81.2 cm³/mol. The molecule has 0 saturated carbocycles. The van der Waals surface area contributed by atoms with Gasteiger partial charge in [-0.3, -0.25) is 9.78 Å². The molecule has 0 radical (unpaired) electrons. The Bertz CT molecular complexity index is 441. The fraction of sp³-hybridized carbons (Fsp3) is 0.600. The molecule has 0 bridgehead atoms. The van der Waals surface area contributed by atoms with E-state index < -0.39 is 0 Å². The number of piperazine rings is 1. The van der Waals surface area contributed by atoms with Crippen molar-refractivity contribution in [3.05, 3.63) is 24.0 Å². The van der Waals surface area contributed by atoms with Gasteiger partial charge in [-0.05, 0) is 25.6 Å². The number of rotatable bonds is 5. The molecule has 1 fully saturated rings. The summed E-state index contributed by atoms with van der Waals surface area (Å²) in [7, 11) is 2.14. The number of anilines is 1. The molecular formula is C15H24N4O. The minimum Gasteiger partial charge on any atom is -0.369 e. The van der Waals surface area contributed by atoms with Gasteiger partial charge in [-0.2, -0.15) is 0 Å². The normalized spacial score (nSPS) is 16.2. The Labute approximate surface area is 121 Å². The number of aromatic nitrogens is 1. The van der Waals surface area contributed by atoms with Crippen molar-refractivity contribution in [1.29, 1.82) is 0 Å². The minimum absolute atomic E-state index is 0.0746. The Morgan fingerprint density at radius 1 is 1.35 bits per heavy atom. The van der Waals surface area contributed by atoms with Crippen LogP contribution in [0.1, 0.15) is 30.3 Å². The van der Waals surface area contributed by atoms with Crippen molar-refractivity contribution < 1.29 is 4.79 Å². The molecule has 1 aromatic rings. The molecule has 1 aliphatic rings. The number of nitrogens with one attached hydrogen (secondary N) is 1. The van der Waals surface area contributed by atoms with Crippen molar-refractivity contribution in [3.63, 3.8) is 0 Å². The highest BCUT2D eigenvalue weighted by Crippen LogP contribution is 2.16. The van der Waals surface area contributed by atoms with E-state index in [4.69, 9.17) is 0 Å². The van der Waals surface area contributed by atoms with Gasteiger partial charge < -0.3 is 15.1 Å². The summed E-state index contributed by atoms with van der Waals surface area (Å²) in [6, 6.07) is 3.88. The van der Waals surface area contributed by atoms with Crippen molar-refractivity contribution in [2.24, 2.45) is 0 Å². The topological polar surface area (TPSA) is 48.5 Å². The van der Waals surface area contributed by atoms with E-state index in [0.717, 1.165) is 51.3 Å². The zero-order valence-corrected chi connectivity index (χ0v) is 12.4. The van der Waals surface area contributed by atoms with Gasteiger partial charge in [0.25, 0.3) is 5.91 Å². The van der Waals surface area contributed by atoms with Crippen LogP contribution in [0.15, 0.2) is 18.3 Å². The first-order valence-corrected chi connectivity index (χ1v) is 7.38. The summed E-state index contributed by atoms with van der Waals surface area (Å²) in [5, 5.41) is 2.91. The number of carbonyl (C=O) groups excluding carboxylic acids is 1. The van der Waals surface area contributed by atoms with Crippen LogP contribution in [0.4, 0.5) is 5.69 Å². The fourth-order valence-corrected chi connectivity index (χ4v) is 2.27. The van der Waals surface area contributed by atoms with Crippen molar-refractivity contribution in [3.8, 4) is 0 Å². The molecule has 110 valence electrons. The standard InChI is InChI=1S/C15H24N4O/c1-3-4-6-17-15(20)14-12-13(5-7-16-14)19-10-8-18(2)9-11-19/h5,7,12H,3-4,6,8-11H2,1-2H3,(H,17,20). The molecule has 1 amide bonds. The summed E-state index contributed by atoms with van der Waals surface area (Å²) in [6.45, 7) is 6.93. The summed E-state index contributed by atoms with van der Waals surface area (Å²) in [5.41, 5.74) is 1.60. The number of hydrogen-bond donors (Lipinski definition) is 1. The molecule has 1 N–H and O–H groups in total. The smallest absolute Gasteiger partial charge is 0.269 e. The van der Waals surface area contributed by atoms with Crippen LogP contribution in [0, 0.1) is 0 Å². The Kier molecular flexibility index (Phi) is 5.35. The van der Waals surface area contributed by atoms with Crippen LogP contribution in [0.25, 0.3) is 0 Å². The Hall–Kier alpha value is -1.62. The summed E-state index contributed by atoms with van der Waals surface area (Å²) >= 11 is 0. The molecule has 0 aromatic carbocycles. The molecule has 20 heavy (non-hydrogen) atoms. The van der Waals surface area contributed by atoms with E-state index in [9.17, 15) is 4.79 Å². The lowest BCUT2D eigenvalue weighted by molar-refractivity contribution is 0.0948. The highest BCUT2D eigenvalue weighted by atomic mass is 16.1. The van der Waals surface area contributed by atoms with Gasteiger partial charge in [0.1, 0.15) is 5.69 Å². The molecule has 1 aliphatic heterocycles. The van der Waals surface area contributed by atoms with E-state index in [-0.39, 0.29) is 5.91 Å². The number of carbonyl (C=O) groups is 1. The second kappa shape index (κ2) is 7.24. The lowest BCUT2D eigenvalue weighted by Gasteiger charge is -2.34. The van der Waals surface area contributed by atoms with Gasteiger partial charge in [-0.1, -0.05) is 13.3 Å². The van der Waals surface area contributed by atoms with Crippen LogP contribution < -0.4 is 10.2 Å². The number of amides is 1. The molecule has 5 heteroatoms. The third kappa shape index (κ3) is 3.93. The highest BCUT2D eigenvalue weighted by molar-refractivity contribution is 5.93. The number of unbranched alkanes of at least 4 members (excludes halogenated alkanes) is 1. The molecule has 0 spiro atoms. The Morgan fingerprint density at radius 2 is 2.10 bits per heavy atom. The zero-order valence-electron chi connectivity index (χ0n) is 12.4. The number of pyridine rings is 1. The maximum Gasteiger partial charge on any atom is 0.269 e. The molecule has 2 heterocycles. The van der Waals surface area contributed by atoms with E-state index in [2.05, 4.69) is 34.1 Å². The number of likely N-dealkylation sites (N-methyl/N-ethyl adjacent to an activating group) is 1. The summed E-state index contributed by atoms with van der Waals surface area (Å²) in [6.07, 6.45) is 3.81. The predicted octanol–water partition coefficient (Wildman–Crippen LogP) is 1.36. The zero-order chi connectivity index (χ0) is 14.4. The van der Waals surface area contributed by atoms with E-state index >= 15 is 0 Å². The molecule has 0 unspecified atom stereocenters. The lowest BCUT2D eigenvalue weighted by Crippen LogP contribution is -2.44. The van der Waals surface area contributed by atoms with E-state index in [1.54, 1.807) is 6.20 Å². The highest BCUT2D eigenvalue weighted by Gasteiger charge is 2.16. The Morgan fingerprint density at radius 3 is 2.80 bits per heavy atom. The first-order valence-electron chi connectivity index (χ1n) is 7.38. The van der Waals surface area contributed by atoms with Crippen LogP contribution in [-0.4, -0.2) is 55.6 Å². The second-order valence-electron chi connectivity index (χ2n) is 5.30. The SMILES string of the molecule is CCCCNC(=O)c1cc(N2CCN(C)CC2)ccn1. The van der Waals surface area contributed by atoms with Gasteiger partial charge >= 0.3 is 0 Å². The largest absolute Gasteiger partial charge is 0.369 e. The number of hydrogen-bond acceptors (Lipinski definition) is 4. The van der Waals surface area contributed by atoms with Crippen LogP contribution in [-0.2, 0) is 0 Å². The van der Waals surface area contributed by atoms with Crippen LogP contribution in [0.3, 0.4) is 0 Å². The summed E-state index contributed by atoms with van der Waals surface area (Å²) < 4.78 is 0. The van der Waals surface area contributed by atoms with Crippen molar-refractivity contribution in [2.75, 3.05) is 44.7 Å². The summed E-state index contributed by atoms with van der Waals surface area (Å²) in [4.78, 5) is 20.8. The van der Waals surface area contributed by atoms with Gasteiger partial charge in [0.05, 0.1) is 0 Å². The Balaban J connectivity index is 1.98. The third-order valence-electron chi connectivity index (χ3n) is 3.66.